The first-order valence-electron chi connectivity index (χ1n) is 7.33. The first-order valence-corrected chi connectivity index (χ1v) is 7.33. The van der Waals surface area contributed by atoms with Gasteiger partial charge in [0, 0.05) is 26.2 Å². The lowest BCUT2D eigenvalue weighted by molar-refractivity contribution is -0.0142. The number of nitrogens with zero attached hydrogens (tertiary/aromatic N) is 1. The first-order chi connectivity index (χ1) is 8.39. The Balaban J connectivity index is 2.43. The Hall–Kier alpha value is -0.120. The van der Waals surface area contributed by atoms with E-state index in [0.29, 0.717) is 6.04 Å². The third-order valence-corrected chi connectivity index (χ3v) is 4.39. The highest BCUT2D eigenvalue weighted by atomic mass is 16.5. The van der Waals surface area contributed by atoms with Gasteiger partial charge in [-0.3, -0.25) is 0 Å². The summed E-state index contributed by atoms with van der Waals surface area (Å²) in [4.78, 5) is 2.62. The molecule has 0 saturated carbocycles. The Kier molecular flexibility index (Phi) is 6.09. The number of likely N-dealkylation sites (tertiary alicyclic amines) is 1. The molecule has 1 saturated heterocycles. The van der Waals surface area contributed by atoms with Crippen molar-refractivity contribution < 1.29 is 4.74 Å². The van der Waals surface area contributed by atoms with Gasteiger partial charge in [0.05, 0.1) is 5.60 Å². The minimum atomic E-state index is -0.0955. The van der Waals surface area contributed by atoms with E-state index in [1.807, 2.05) is 7.05 Å². The second kappa shape index (κ2) is 6.88. The summed E-state index contributed by atoms with van der Waals surface area (Å²) in [6.45, 7) is 12.8. The maximum Gasteiger partial charge on any atom is 0.0775 e. The molecule has 0 aromatic rings. The van der Waals surface area contributed by atoms with Crippen LogP contribution in [0.5, 0.6) is 0 Å². The van der Waals surface area contributed by atoms with Gasteiger partial charge in [0.2, 0.25) is 0 Å². The molecular weight excluding hydrogens is 224 g/mol. The van der Waals surface area contributed by atoms with Crippen molar-refractivity contribution in [3.63, 3.8) is 0 Å². The van der Waals surface area contributed by atoms with Crippen molar-refractivity contribution in [2.75, 3.05) is 33.8 Å². The topological polar surface area (TPSA) is 24.5 Å². The van der Waals surface area contributed by atoms with Crippen LogP contribution in [0.15, 0.2) is 0 Å². The second-order valence-electron chi connectivity index (χ2n) is 6.64. The van der Waals surface area contributed by atoms with Gasteiger partial charge in [-0.1, -0.05) is 13.8 Å². The van der Waals surface area contributed by atoms with Gasteiger partial charge in [-0.15, -0.1) is 0 Å². The van der Waals surface area contributed by atoms with Crippen LogP contribution < -0.4 is 5.32 Å². The summed E-state index contributed by atoms with van der Waals surface area (Å²) in [6.07, 6.45) is 2.53. The van der Waals surface area contributed by atoms with E-state index in [1.54, 1.807) is 7.11 Å². The Labute approximate surface area is 113 Å². The number of ether oxygens (including phenoxy) is 1. The summed E-state index contributed by atoms with van der Waals surface area (Å²) in [5, 5.41) is 3.40. The van der Waals surface area contributed by atoms with Crippen LogP contribution in [0.1, 0.15) is 40.5 Å². The van der Waals surface area contributed by atoms with Crippen LogP contribution >= 0.6 is 0 Å². The largest absolute Gasteiger partial charge is 0.377 e. The molecule has 0 bridgehead atoms. The summed E-state index contributed by atoms with van der Waals surface area (Å²) in [5.41, 5.74) is -0.0955. The summed E-state index contributed by atoms with van der Waals surface area (Å²) < 4.78 is 5.59. The van der Waals surface area contributed by atoms with E-state index in [2.05, 4.69) is 37.9 Å². The van der Waals surface area contributed by atoms with Gasteiger partial charge in [0.1, 0.15) is 0 Å². The number of piperidine rings is 1. The molecule has 1 heterocycles. The fourth-order valence-electron chi connectivity index (χ4n) is 3.27. The van der Waals surface area contributed by atoms with Gasteiger partial charge in [0.25, 0.3) is 0 Å². The Morgan fingerprint density at radius 2 is 1.83 bits per heavy atom. The molecule has 0 aliphatic carbocycles. The lowest BCUT2D eigenvalue weighted by Crippen LogP contribution is -2.49. The smallest absolute Gasteiger partial charge is 0.0775 e. The van der Waals surface area contributed by atoms with Crippen LogP contribution in [0.2, 0.25) is 0 Å². The van der Waals surface area contributed by atoms with E-state index in [0.717, 1.165) is 18.3 Å². The fraction of sp³-hybridized carbons (Fsp3) is 1.00. The normalized spacial score (nSPS) is 28.3. The van der Waals surface area contributed by atoms with E-state index in [1.165, 1.54) is 26.1 Å². The number of likely N-dealkylation sites (N-methyl/N-ethyl adjacent to an activating group) is 1. The molecule has 3 unspecified atom stereocenters. The Morgan fingerprint density at radius 3 is 2.28 bits per heavy atom. The molecule has 0 radical (unpaired) electrons. The fourth-order valence-corrected chi connectivity index (χ4v) is 3.27. The van der Waals surface area contributed by atoms with Gasteiger partial charge in [0.15, 0.2) is 0 Å². The number of hydrogen-bond donors (Lipinski definition) is 1. The lowest BCUT2D eigenvalue weighted by Gasteiger charge is -2.38. The van der Waals surface area contributed by atoms with E-state index < -0.39 is 0 Å². The molecule has 1 N–H and O–H groups in total. The lowest BCUT2D eigenvalue weighted by atomic mass is 9.90. The molecule has 3 atom stereocenters. The second-order valence-corrected chi connectivity index (χ2v) is 6.64. The summed E-state index contributed by atoms with van der Waals surface area (Å²) in [7, 11) is 3.84. The maximum absolute atomic E-state index is 5.59. The summed E-state index contributed by atoms with van der Waals surface area (Å²) >= 11 is 0. The molecule has 0 aromatic heterocycles. The van der Waals surface area contributed by atoms with E-state index in [9.17, 15) is 0 Å². The number of nitrogens with one attached hydrogen (secondary N) is 1. The van der Waals surface area contributed by atoms with Gasteiger partial charge in [-0.2, -0.15) is 0 Å². The molecule has 0 spiro atoms. The summed E-state index contributed by atoms with van der Waals surface area (Å²) in [6, 6.07) is 0.412. The first kappa shape index (κ1) is 15.9. The molecule has 1 aliphatic rings. The molecular formula is C15H32N2O. The molecule has 1 fully saturated rings. The van der Waals surface area contributed by atoms with Crippen molar-refractivity contribution in [1.29, 1.82) is 0 Å². The van der Waals surface area contributed by atoms with E-state index in [-0.39, 0.29) is 5.60 Å². The van der Waals surface area contributed by atoms with Crippen LogP contribution in [0.3, 0.4) is 0 Å². The predicted molar refractivity (Wildman–Crippen MR) is 77.9 cm³/mol. The summed E-state index contributed by atoms with van der Waals surface area (Å²) in [5.74, 6) is 1.69. The maximum atomic E-state index is 5.59. The molecule has 3 heteroatoms. The van der Waals surface area contributed by atoms with Gasteiger partial charge in [-0.05, 0) is 52.1 Å². The molecule has 3 nitrogen and oxygen atoms in total. The van der Waals surface area contributed by atoms with Crippen LogP contribution in [0.4, 0.5) is 0 Å². The van der Waals surface area contributed by atoms with Crippen molar-refractivity contribution >= 4 is 0 Å². The average Bonchev–Trinajstić information content (AvgIpc) is 2.28. The third-order valence-electron chi connectivity index (χ3n) is 4.39. The Bertz CT molecular complexity index is 233. The molecule has 0 aromatic carbocycles. The SMILES string of the molecule is CNC(CCN1CC(C)CC(C)C1)C(C)(C)OC. The van der Waals surface area contributed by atoms with Crippen LogP contribution in [-0.2, 0) is 4.74 Å². The number of methoxy groups -OCH3 is 1. The number of rotatable bonds is 6. The zero-order chi connectivity index (χ0) is 13.8. The van der Waals surface area contributed by atoms with Crippen LogP contribution in [0.25, 0.3) is 0 Å². The molecule has 108 valence electrons. The van der Waals surface area contributed by atoms with Crippen molar-refractivity contribution in [1.82, 2.24) is 10.2 Å². The average molecular weight is 256 g/mol. The highest BCUT2D eigenvalue weighted by Crippen LogP contribution is 2.22. The van der Waals surface area contributed by atoms with E-state index in [4.69, 9.17) is 4.74 Å². The van der Waals surface area contributed by atoms with Crippen molar-refractivity contribution in [2.45, 2.75) is 52.2 Å². The zero-order valence-corrected chi connectivity index (χ0v) is 13.1. The third kappa shape index (κ3) is 4.52. The zero-order valence-electron chi connectivity index (χ0n) is 13.1. The number of hydrogen-bond acceptors (Lipinski definition) is 3. The monoisotopic (exact) mass is 256 g/mol. The highest BCUT2D eigenvalue weighted by Gasteiger charge is 2.29. The van der Waals surface area contributed by atoms with Gasteiger partial charge in [-0.25, -0.2) is 0 Å². The Morgan fingerprint density at radius 1 is 1.28 bits per heavy atom. The van der Waals surface area contributed by atoms with Crippen LogP contribution in [-0.4, -0.2) is 50.3 Å². The molecule has 1 rings (SSSR count). The molecule has 1 aliphatic heterocycles. The van der Waals surface area contributed by atoms with Gasteiger partial charge < -0.3 is 15.0 Å². The highest BCUT2D eigenvalue weighted by molar-refractivity contribution is 4.86. The quantitative estimate of drug-likeness (QED) is 0.789. The minimum Gasteiger partial charge on any atom is -0.377 e. The van der Waals surface area contributed by atoms with Crippen molar-refractivity contribution in [3.05, 3.63) is 0 Å². The minimum absolute atomic E-state index is 0.0955. The molecule has 0 amide bonds. The van der Waals surface area contributed by atoms with E-state index >= 15 is 0 Å². The standard InChI is InChI=1S/C15H32N2O/c1-12-9-13(2)11-17(10-12)8-7-14(16-5)15(3,4)18-6/h12-14,16H,7-11H2,1-6H3. The van der Waals surface area contributed by atoms with Gasteiger partial charge >= 0.3 is 0 Å². The van der Waals surface area contributed by atoms with Crippen LogP contribution in [0, 0.1) is 11.8 Å². The van der Waals surface area contributed by atoms with Crippen molar-refractivity contribution in [2.24, 2.45) is 11.8 Å². The van der Waals surface area contributed by atoms with Crippen molar-refractivity contribution in [3.8, 4) is 0 Å². The predicted octanol–water partition coefficient (Wildman–Crippen LogP) is 2.37. The molecule has 18 heavy (non-hydrogen) atoms.